The summed E-state index contributed by atoms with van der Waals surface area (Å²) in [6.45, 7) is 2.99. The van der Waals surface area contributed by atoms with Gasteiger partial charge in [-0.2, -0.15) is 0 Å². The van der Waals surface area contributed by atoms with Gasteiger partial charge in [0.2, 0.25) is 0 Å². The minimum absolute atomic E-state index is 0.187. The molecule has 1 atom stereocenters. The summed E-state index contributed by atoms with van der Waals surface area (Å²) in [7, 11) is 0. The number of amides is 2. The van der Waals surface area contributed by atoms with Crippen molar-refractivity contribution < 1.29 is 13.7 Å². The van der Waals surface area contributed by atoms with E-state index in [9.17, 15) is 9.18 Å². The van der Waals surface area contributed by atoms with Crippen LogP contribution in [0, 0.1) is 12.7 Å². The Morgan fingerprint density at radius 3 is 3.04 bits per heavy atom. The molecule has 7 nitrogen and oxygen atoms in total. The average molecular weight is 369 g/mol. The summed E-state index contributed by atoms with van der Waals surface area (Å²) in [5.74, 6) is 1.31. The third-order valence-electron chi connectivity index (χ3n) is 4.88. The Bertz CT molecular complexity index is 937. The number of urea groups is 1. The monoisotopic (exact) mass is 369 g/mol. The molecule has 0 radical (unpaired) electrons. The van der Waals surface area contributed by atoms with Crippen molar-refractivity contribution in [1.29, 1.82) is 0 Å². The third kappa shape index (κ3) is 3.42. The molecule has 27 heavy (non-hydrogen) atoms. The first kappa shape index (κ1) is 17.3. The van der Waals surface area contributed by atoms with Gasteiger partial charge in [0.05, 0.1) is 5.56 Å². The highest BCUT2D eigenvalue weighted by atomic mass is 19.1. The first-order valence-electron chi connectivity index (χ1n) is 8.90. The minimum Gasteiger partial charge on any atom is -0.354 e. The van der Waals surface area contributed by atoms with Gasteiger partial charge < -0.3 is 14.4 Å². The largest absolute Gasteiger partial charge is 0.354 e. The fourth-order valence-electron chi connectivity index (χ4n) is 3.41. The lowest BCUT2D eigenvalue weighted by atomic mass is 9.98. The Balaban J connectivity index is 1.48. The second-order valence-electron chi connectivity index (χ2n) is 6.65. The Morgan fingerprint density at radius 2 is 2.26 bits per heavy atom. The van der Waals surface area contributed by atoms with Crippen LogP contribution in [0.15, 0.2) is 41.2 Å². The van der Waals surface area contributed by atoms with Crippen molar-refractivity contribution in [2.45, 2.75) is 25.7 Å². The molecule has 1 saturated heterocycles. The van der Waals surface area contributed by atoms with E-state index in [4.69, 9.17) is 4.52 Å². The molecule has 2 aromatic heterocycles. The van der Waals surface area contributed by atoms with E-state index in [0.29, 0.717) is 35.8 Å². The summed E-state index contributed by atoms with van der Waals surface area (Å²) in [5.41, 5.74) is 0.909. The molecule has 1 fully saturated rings. The number of hydrogen-bond acceptors (Lipinski definition) is 4. The molecular weight excluding hydrogens is 349 g/mol. The number of H-pyrrole nitrogens is 1. The summed E-state index contributed by atoms with van der Waals surface area (Å²) in [5, 5.41) is 6.70. The van der Waals surface area contributed by atoms with Crippen LogP contribution in [0.3, 0.4) is 0 Å². The van der Waals surface area contributed by atoms with E-state index in [1.165, 1.54) is 6.07 Å². The number of benzene rings is 1. The predicted molar refractivity (Wildman–Crippen MR) is 97.8 cm³/mol. The van der Waals surface area contributed by atoms with Gasteiger partial charge in [-0.3, -0.25) is 5.32 Å². The third-order valence-corrected chi connectivity index (χ3v) is 4.88. The van der Waals surface area contributed by atoms with E-state index in [1.54, 1.807) is 42.4 Å². The molecule has 8 heteroatoms. The van der Waals surface area contributed by atoms with Crippen LogP contribution in [-0.2, 0) is 0 Å². The van der Waals surface area contributed by atoms with Crippen molar-refractivity contribution >= 4 is 11.8 Å². The number of aromatic nitrogens is 3. The van der Waals surface area contributed by atoms with E-state index >= 15 is 0 Å². The molecule has 140 valence electrons. The highest BCUT2D eigenvalue weighted by Gasteiger charge is 2.27. The van der Waals surface area contributed by atoms with Gasteiger partial charge in [-0.05, 0) is 31.9 Å². The molecule has 3 aromatic rings. The molecule has 2 N–H and O–H groups in total. The zero-order valence-electron chi connectivity index (χ0n) is 14.9. The van der Waals surface area contributed by atoms with Crippen LogP contribution in [0.25, 0.3) is 11.3 Å². The molecular formula is C19H20FN5O2. The van der Waals surface area contributed by atoms with Gasteiger partial charge in [-0.25, -0.2) is 14.2 Å². The number of piperidine rings is 1. The number of aromatic amines is 1. The number of imidazole rings is 1. The number of hydrogen-bond donors (Lipinski definition) is 2. The maximum Gasteiger partial charge on any atom is 0.323 e. The number of halogens is 1. The van der Waals surface area contributed by atoms with Crippen molar-refractivity contribution in [2.24, 2.45) is 0 Å². The van der Waals surface area contributed by atoms with Crippen molar-refractivity contribution in [3.63, 3.8) is 0 Å². The molecule has 0 saturated carbocycles. The number of rotatable bonds is 3. The quantitative estimate of drug-likeness (QED) is 0.732. The second kappa shape index (κ2) is 7.22. The first-order chi connectivity index (χ1) is 13.1. The van der Waals surface area contributed by atoms with E-state index in [0.717, 1.165) is 18.7 Å². The maximum atomic E-state index is 14.0. The maximum absolute atomic E-state index is 14.0. The molecule has 2 amide bonds. The highest BCUT2D eigenvalue weighted by molar-refractivity contribution is 5.90. The Hall–Kier alpha value is -3.16. The first-order valence-corrected chi connectivity index (χ1v) is 8.90. The number of carbonyl (C=O) groups is 1. The Morgan fingerprint density at radius 1 is 1.41 bits per heavy atom. The minimum atomic E-state index is -0.396. The summed E-state index contributed by atoms with van der Waals surface area (Å²) in [6, 6.07) is 6.06. The average Bonchev–Trinajstić information content (AvgIpc) is 3.34. The molecule has 0 spiro atoms. The van der Waals surface area contributed by atoms with Gasteiger partial charge in [0.25, 0.3) is 0 Å². The summed E-state index contributed by atoms with van der Waals surface area (Å²) in [4.78, 5) is 21.8. The van der Waals surface area contributed by atoms with Gasteiger partial charge in [-0.1, -0.05) is 17.3 Å². The van der Waals surface area contributed by atoms with E-state index in [2.05, 4.69) is 20.4 Å². The summed E-state index contributed by atoms with van der Waals surface area (Å²) in [6.07, 6.45) is 5.39. The lowest BCUT2D eigenvalue weighted by molar-refractivity contribution is 0.191. The van der Waals surface area contributed by atoms with Gasteiger partial charge >= 0.3 is 6.03 Å². The van der Waals surface area contributed by atoms with Crippen molar-refractivity contribution in [1.82, 2.24) is 20.0 Å². The number of likely N-dealkylation sites (tertiary alicyclic amines) is 1. The van der Waals surface area contributed by atoms with Crippen molar-refractivity contribution in [2.75, 3.05) is 18.4 Å². The van der Waals surface area contributed by atoms with Crippen molar-refractivity contribution in [3.8, 4) is 11.3 Å². The molecule has 1 aliphatic heterocycles. The highest BCUT2D eigenvalue weighted by Crippen LogP contribution is 2.31. The lowest BCUT2D eigenvalue weighted by Gasteiger charge is -2.31. The van der Waals surface area contributed by atoms with E-state index in [-0.39, 0.29) is 11.9 Å². The van der Waals surface area contributed by atoms with Crippen LogP contribution in [0.4, 0.5) is 15.0 Å². The SMILES string of the molecule is Cc1c(NC(=O)N2CCCC(c3ncc[nH]3)C2)noc1-c1ccccc1F. The molecule has 0 aliphatic carbocycles. The normalized spacial score (nSPS) is 17.1. The molecule has 1 unspecified atom stereocenters. The zero-order chi connectivity index (χ0) is 18.8. The van der Waals surface area contributed by atoms with Gasteiger partial charge in [-0.15, -0.1) is 0 Å². The van der Waals surface area contributed by atoms with Gasteiger partial charge in [0.1, 0.15) is 11.6 Å². The number of carbonyl (C=O) groups excluding carboxylic acids is 1. The number of anilines is 1. The lowest BCUT2D eigenvalue weighted by Crippen LogP contribution is -2.42. The van der Waals surface area contributed by atoms with Crippen LogP contribution >= 0.6 is 0 Å². The fourth-order valence-corrected chi connectivity index (χ4v) is 3.41. The molecule has 0 bridgehead atoms. The Labute approximate surface area is 155 Å². The smallest absolute Gasteiger partial charge is 0.323 e. The van der Waals surface area contributed by atoms with Crippen LogP contribution in [-0.4, -0.2) is 39.1 Å². The molecule has 1 aromatic carbocycles. The predicted octanol–water partition coefficient (Wildman–Crippen LogP) is 3.92. The van der Waals surface area contributed by atoms with Crippen LogP contribution < -0.4 is 5.32 Å². The number of nitrogens with zero attached hydrogens (tertiary/aromatic N) is 3. The van der Waals surface area contributed by atoms with E-state index in [1.807, 2.05) is 0 Å². The molecule has 3 heterocycles. The summed E-state index contributed by atoms with van der Waals surface area (Å²) < 4.78 is 19.3. The molecule has 1 aliphatic rings. The van der Waals surface area contributed by atoms with Crippen LogP contribution in [0.2, 0.25) is 0 Å². The second-order valence-corrected chi connectivity index (χ2v) is 6.65. The van der Waals surface area contributed by atoms with Gasteiger partial charge in [0.15, 0.2) is 11.6 Å². The van der Waals surface area contributed by atoms with Crippen LogP contribution in [0.5, 0.6) is 0 Å². The van der Waals surface area contributed by atoms with Gasteiger partial charge in [0, 0.05) is 37.0 Å². The fraction of sp³-hybridized carbons (Fsp3) is 0.316. The van der Waals surface area contributed by atoms with E-state index < -0.39 is 5.82 Å². The standard InChI is InChI=1S/C19H20FN5O2/c1-12-16(14-6-2-3-7-15(14)20)27-24-17(12)23-19(26)25-10-4-5-13(11-25)18-21-8-9-22-18/h2-3,6-9,13H,4-5,10-11H2,1H3,(H,21,22)(H,23,24,26). The van der Waals surface area contributed by atoms with Crippen LogP contribution in [0.1, 0.15) is 30.1 Å². The summed E-state index contributed by atoms with van der Waals surface area (Å²) >= 11 is 0. The molecule has 4 rings (SSSR count). The zero-order valence-corrected chi connectivity index (χ0v) is 14.9. The number of nitrogens with one attached hydrogen (secondary N) is 2. The Kier molecular flexibility index (Phi) is 4.62. The topological polar surface area (TPSA) is 87.0 Å². The van der Waals surface area contributed by atoms with Crippen molar-refractivity contribution in [3.05, 3.63) is 53.9 Å².